The van der Waals surface area contributed by atoms with Crippen LogP contribution >= 0.6 is 0 Å². The van der Waals surface area contributed by atoms with E-state index in [0.29, 0.717) is 18.6 Å². The highest BCUT2D eigenvalue weighted by atomic mass is 16.4. The monoisotopic (exact) mass is 494 g/mol. The quantitative estimate of drug-likeness (QED) is 0.223. The van der Waals surface area contributed by atoms with Crippen molar-refractivity contribution in [2.24, 2.45) is 0 Å². The predicted molar refractivity (Wildman–Crippen MR) is 142 cm³/mol. The summed E-state index contributed by atoms with van der Waals surface area (Å²) in [6, 6.07) is 18.9. The first-order valence-electron chi connectivity index (χ1n) is 12.7. The van der Waals surface area contributed by atoms with Crippen LogP contribution in [0.25, 0.3) is 0 Å². The van der Waals surface area contributed by atoms with Gasteiger partial charge < -0.3 is 15.1 Å². The molecule has 1 heterocycles. The third-order valence-electron chi connectivity index (χ3n) is 6.10. The Morgan fingerprint density at radius 1 is 0.861 bits per heavy atom. The van der Waals surface area contributed by atoms with Crippen LogP contribution in [0.5, 0.6) is 0 Å². The lowest BCUT2D eigenvalue weighted by Crippen LogP contribution is -2.24. The van der Waals surface area contributed by atoms with Crippen LogP contribution in [-0.2, 0) is 16.1 Å². The van der Waals surface area contributed by atoms with E-state index in [-0.39, 0.29) is 5.78 Å². The van der Waals surface area contributed by atoms with E-state index in [1.54, 1.807) is 0 Å². The molecule has 2 N–H and O–H groups in total. The molecular formula is C29H38N2O5. The third kappa shape index (κ3) is 11.3. The zero-order chi connectivity index (χ0) is 26.2. The standard InChI is InChI=1S/C25H34N2O.C4H4O4/c1-2-26(21-22-11-5-3-6-12-22)18-8-4-7-13-25(28)23-14-16-24(17-15-23)27-19-9-10-20-27;5-3(6)1-2-4(7)8/h3,5-6,11-12,14-17H,2,4,7-10,13,18-21H2,1H3;1-2H,(H,5,6)(H,7,8). The Morgan fingerprint density at radius 2 is 1.47 bits per heavy atom. The predicted octanol–water partition coefficient (Wildman–Crippen LogP) is 5.26. The van der Waals surface area contributed by atoms with Crippen LogP contribution < -0.4 is 4.90 Å². The van der Waals surface area contributed by atoms with Gasteiger partial charge in [0, 0.05) is 49.5 Å². The van der Waals surface area contributed by atoms with E-state index in [4.69, 9.17) is 10.2 Å². The Labute approximate surface area is 214 Å². The van der Waals surface area contributed by atoms with Gasteiger partial charge in [-0.15, -0.1) is 0 Å². The van der Waals surface area contributed by atoms with Crippen LogP contribution in [0, 0.1) is 0 Å². The minimum absolute atomic E-state index is 0.282. The minimum atomic E-state index is -1.26. The van der Waals surface area contributed by atoms with E-state index in [2.05, 4.69) is 59.2 Å². The first-order chi connectivity index (χ1) is 17.4. The first-order valence-corrected chi connectivity index (χ1v) is 12.7. The molecule has 0 radical (unpaired) electrons. The zero-order valence-electron chi connectivity index (χ0n) is 21.1. The van der Waals surface area contributed by atoms with Crippen molar-refractivity contribution < 1.29 is 24.6 Å². The SMILES string of the molecule is CCN(CCCCCC(=O)c1ccc(N2CCCC2)cc1)Cc1ccccc1.O=C(O)C=CC(=O)O. The highest BCUT2D eigenvalue weighted by Crippen LogP contribution is 2.21. The maximum Gasteiger partial charge on any atom is 0.328 e. The number of carbonyl (C=O) groups is 3. The Hall–Kier alpha value is -3.45. The molecule has 1 fully saturated rings. The second-order valence-corrected chi connectivity index (χ2v) is 8.84. The van der Waals surface area contributed by atoms with E-state index in [1.807, 2.05) is 12.1 Å². The normalized spacial score (nSPS) is 13.0. The van der Waals surface area contributed by atoms with Gasteiger partial charge in [-0.05, 0) is 68.6 Å². The number of Topliss-reactive ketones (excluding diaryl/α,β-unsaturated/α-hetero) is 1. The van der Waals surface area contributed by atoms with Gasteiger partial charge in [0.25, 0.3) is 0 Å². The fourth-order valence-electron chi connectivity index (χ4n) is 4.11. The van der Waals surface area contributed by atoms with Crippen molar-refractivity contribution in [3.63, 3.8) is 0 Å². The summed E-state index contributed by atoms with van der Waals surface area (Å²) in [5, 5.41) is 15.6. The number of ketones is 1. The van der Waals surface area contributed by atoms with Crippen LogP contribution in [0.4, 0.5) is 5.69 Å². The molecule has 7 nitrogen and oxygen atoms in total. The first kappa shape index (κ1) is 28.8. The van der Waals surface area contributed by atoms with Gasteiger partial charge in [0.2, 0.25) is 0 Å². The van der Waals surface area contributed by atoms with Crippen LogP contribution in [0.15, 0.2) is 66.7 Å². The summed E-state index contributed by atoms with van der Waals surface area (Å²) >= 11 is 0. The fraction of sp³-hybridized carbons (Fsp3) is 0.414. The van der Waals surface area contributed by atoms with Crippen molar-refractivity contribution in [1.29, 1.82) is 0 Å². The topological polar surface area (TPSA) is 98.2 Å². The van der Waals surface area contributed by atoms with Gasteiger partial charge in [-0.1, -0.05) is 43.7 Å². The molecule has 0 bridgehead atoms. The Morgan fingerprint density at radius 3 is 2.03 bits per heavy atom. The van der Waals surface area contributed by atoms with Gasteiger partial charge in [0.05, 0.1) is 0 Å². The Kier molecular flexibility index (Phi) is 13.0. The van der Waals surface area contributed by atoms with Crippen LogP contribution in [0.2, 0.25) is 0 Å². The molecular weight excluding hydrogens is 456 g/mol. The van der Waals surface area contributed by atoms with E-state index < -0.39 is 11.9 Å². The van der Waals surface area contributed by atoms with E-state index in [1.165, 1.54) is 24.1 Å². The number of carbonyl (C=O) groups excluding carboxylic acids is 1. The fourth-order valence-corrected chi connectivity index (χ4v) is 4.11. The van der Waals surface area contributed by atoms with Crippen molar-refractivity contribution in [3.8, 4) is 0 Å². The number of benzene rings is 2. The van der Waals surface area contributed by atoms with E-state index in [0.717, 1.165) is 57.5 Å². The van der Waals surface area contributed by atoms with Crippen molar-refractivity contribution in [3.05, 3.63) is 77.9 Å². The molecule has 0 unspecified atom stereocenters. The summed E-state index contributed by atoms with van der Waals surface area (Å²) in [7, 11) is 0. The van der Waals surface area contributed by atoms with E-state index in [9.17, 15) is 14.4 Å². The molecule has 1 saturated heterocycles. The van der Waals surface area contributed by atoms with Gasteiger partial charge in [-0.25, -0.2) is 9.59 Å². The van der Waals surface area contributed by atoms with Crippen molar-refractivity contribution in [2.45, 2.75) is 52.0 Å². The second kappa shape index (κ2) is 16.3. The molecule has 3 rings (SSSR count). The molecule has 36 heavy (non-hydrogen) atoms. The van der Waals surface area contributed by atoms with Crippen molar-refractivity contribution in [2.75, 3.05) is 31.1 Å². The van der Waals surface area contributed by atoms with Crippen LogP contribution in [-0.4, -0.2) is 59.0 Å². The lowest BCUT2D eigenvalue weighted by molar-refractivity contribution is -0.134. The largest absolute Gasteiger partial charge is 0.478 e. The van der Waals surface area contributed by atoms with Gasteiger partial charge in [-0.2, -0.15) is 0 Å². The molecule has 7 heteroatoms. The molecule has 0 amide bonds. The average Bonchev–Trinajstić information content (AvgIpc) is 3.43. The molecule has 0 saturated carbocycles. The second-order valence-electron chi connectivity index (χ2n) is 8.84. The Balaban J connectivity index is 0.000000493. The molecule has 0 aromatic heterocycles. The highest BCUT2D eigenvalue weighted by Gasteiger charge is 2.13. The molecule has 1 aliphatic rings. The lowest BCUT2D eigenvalue weighted by Gasteiger charge is -2.20. The van der Waals surface area contributed by atoms with Gasteiger partial charge in [-0.3, -0.25) is 9.69 Å². The van der Waals surface area contributed by atoms with Crippen molar-refractivity contribution in [1.82, 2.24) is 4.90 Å². The van der Waals surface area contributed by atoms with Gasteiger partial charge in [0.15, 0.2) is 5.78 Å². The lowest BCUT2D eigenvalue weighted by atomic mass is 10.0. The summed E-state index contributed by atoms with van der Waals surface area (Å²) < 4.78 is 0. The number of carboxylic acid groups (broad SMARTS) is 2. The number of hydrogen-bond donors (Lipinski definition) is 2. The Bertz CT molecular complexity index is 951. The molecule has 2 aromatic rings. The molecule has 1 aliphatic heterocycles. The van der Waals surface area contributed by atoms with Crippen molar-refractivity contribution >= 4 is 23.4 Å². The molecule has 0 spiro atoms. The molecule has 194 valence electrons. The summed E-state index contributed by atoms with van der Waals surface area (Å²) in [6.07, 6.45) is 7.59. The summed E-state index contributed by atoms with van der Waals surface area (Å²) in [5.41, 5.74) is 3.49. The number of aliphatic carboxylic acids is 2. The number of nitrogens with zero attached hydrogens (tertiary/aromatic N) is 2. The summed E-state index contributed by atoms with van der Waals surface area (Å²) in [5.74, 6) is -2.23. The maximum atomic E-state index is 12.4. The highest BCUT2D eigenvalue weighted by molar-refractivity contribution is 5.96. The minimum Gasteiger partial charge on any atom is -0.478 e. The third-order valence-corrected chi connectivity index (χ3v) is 6.10. The van der Waals surface area contributed by atoms with Crippen LogP contribution in [0.1, 0.15) is 61.4 Å². The smallest absolute Gasteiger partial charge is 0.328 e. The maximum absolute atomic E-state index is 12.4. The van der Waals surface area contributed by atoms with Gasteiger partial charge >= 0.3 is 11.9 Å². The average molecular weight is 495 g/mol. The van der Waals surface area contributed by atoms with Crippen LogP contribution in [0.3, 0.4) is 0 Å². The molecule has 0 aliphatic carbocycles. The van der Waals surface area contributed by atoms with E-state index >= 15 is 0 Å². The number of anilines is 1. The zero-order valence-corrected chi connectivity index (χ0v) is 21.1. The number of rotatable bonds is 13. The summed E-state index contributed by atoms with van der Waals surface area (Å²) in [6.45, 7) is 7.69. The summed E-state index contributed by atoms with van der Waals surface area (Å²) in [4.78, 5) is 36.4. The molecule has 2 aromatic carbocycles. The van der Waals surface area contributed by atoms with Gasteiger partial charge in [0.1, 0.15) is 0 Å². The number of unbranched alkanes of at least 4 members (excludes halogenated alkanes) is 2. The molecule has 0 atom stereocenters. The number of carboxylic acids is 2. The number of hydrogen-bond acceptors (Lipinski definition) is 5.